The van der Waals surface area contributed by atoms with E-state index in [1.807, 2.05) is 12.1 Å². The highest BCUT2D eigenvalue weighted by molar-refractivity contribution is 6.22. The minimum atomic E-state index is -0.136. The smallest absolute Gasteiger partial charge is 0.271 e. The fourth-order valence-corrected chi connectivity index (χ4v) is 1.64. The van der Waals surface area contributed by atoms with Crippen molar-refractivity contribution in [1.82, 2.24) is 14.0 Å². The quantitative estimate of drug-likeness (QED) is 0.739. The van der Waals surface area contributed by atoms with Gasteiger partial charge < -0.3 is 4.90 Å². The Hall–Kier alpha value is -1.55. The molecule has 2 aromatic rings. The first kappa shape index (κ1) is 9.98. The molecule has 0 aliphatic rings. The van der Waals surface area contributed by atoms with Gasteiger partial charge in [-0.05, 0) is 18.2 Å². The zero-order valence-electron chi connectivity index (χ0n) is 8.44. The van der Waals surface area contributed by atoms with Crippen molar-refractivity contribution in [2.75, 3.05) is 14.1 Å². The lowest BCUT2D eigenvalue weighted by molar-refractivity contribution is 0.0821. The van der Waals surface area contributed by atoms with Gasteiger partial charge in [0.05, 0.1) is 0 Å². The second kappa shape index (κ2) is 3.55. The van der Waals surface area contributed by atoms with E-state index in [9.17, 15) is 4.79 Å². The second-order valence-corrected chi connectivity index (χ2v) is 3.76. The standard InChI is InChI=1S/C10H10ClN3O/c1-13(2)10(15)8-6-7-4-3-5-12-9(7)14(8)11/h3-6H,1-2H3. The molecule has 2 aromatic heterocycles. The van der Waals surface area contributed by atoms with E-state index >= 15 is 0 Å². The monoisotopic (exact) mass is 223 g/mol. The molecular weight excluding hydrogens is 214 g/mol. The van der Waals surface area contributed by atoms with Gasteiger partial charge in [-0.1, -0.05) is 0 Å². The first-order chi connectivity index (χ1) is 7.11. The van der Waals surface area contributed by atoms with Crippen molar-refractivity contribution in [3.8, 4) is 0 Å². The molecule has 2 heterocycles. The molecule has 5 heteroatoms. The Balaban J connectivity index is 2.63. The summed E-state index contributed by atoms with van der Waals surface area (Å²) in [7, 11) is 3.37. The molecule has 0 atom stereocenters. The third-order valence-corrected chi connectivity index (χ3v) is 2.47. The van der Waals surface area contributed by atoms with Crippen LogP contribution in [-0.2, 0) is 0 Å². The minimum Gasteiger partial charge on any atom is -0.343 e. The Kier molecular flexibility index (Phi) is 2.36. The molecular formula is C10H10ClN3O. The highest BCUT2D eigenvalue weighted by atomic mass is 35.5. The Bertz CT molecular complexity index is 518. The summed E-state index contributed by atoms with van der Waals surface area (Å²) in [6, 6.07) is 5.41. The summed E-state index contributed by atoms with van der Waals surface area (Å²) in [4.78, 5) is 17.3. The molecule has 15 heavy (non-hydrogen) atoms. The van der Waals surface area contributed by atoms with Crippen LogP contribution < -0.4 is 0 Å². The van der Waals surface area contributed by atoms with Crippen LogP contribution in [0.5, 0.6) is 0 Å². The number of nitrogens with zero attached hydrogens (tertiary/aromatic N) is 3. The van der Waals surface area contributed by atoms with Gasteiger partial charge in [-0.2, -0.15) is 0 Å². The molecule has 4 nitrogen and oxygen atoms in total. The average molecular weight is 224 g/mol. The lowest BCUT2D eigenvalue weighted by atomic mass is 10.3. The summed E-state index contributed by atoms with van der Waals surface area (Å²) in [5.74, 6) is -0.136. The predicted octanol–water partition coefficient (Wildman–Crippen LogP) is 1.74. The predicted molar refractivity (Wildman–Crippen MR) is 59.0 cm³/mol. The molecule has 0 N–H and O–H groups in total. The summed E-state index contributed by atoms with van der Waals surface area (Å²) in [6.07, 6.45) is 1.64. The summed E-state index contributed by atoms with van der Waals surface area (Å²) in [5.41, 5.74) is 1.03. The summed E-state index contributed by atoms with van der Waals surface area (Å²) >= 11 is 6.00. The number of hydrogen-bond acceptors (Lipinski definition) is 2. The van der Waals surface area contributed by atoms with Crippen LogP contribution >= 0.6 is 11.8 Å². The average Bonchev–Trinajstić information content (AvgIpc) is 2.56. The Morgan fingerprint density at radius 1 is 1.53 bits per heavy atom. The molecule has 0 saturated heterocycles. The maximum Gasteiger partial charge on any atom is 0.271 e. The lowest BCUT2D eigenvalue weighted by Crippen LogP contribution is -2.23. The van der Waals surface area contributed by atoms with Crippen LogP contribution in [0.2, 0.25) is 0 Å². The summed E-state index contributed by atoms with van der Waals surface area (Å²) in [6.45, 7) is 0. The van der Waals surface area contributed by atoms with Crippen molar-refractivity contribution >= 4 is 28.7 Å². The van der Waals surface area contributed by atoms with Gasteiger partial charge in [0.2, 0.25) is 0 Å². The number of fused-ring (bicyclic) bond motifs is 1. The molecule has 0 unspecified atom stereocenters. The van der Waals surface area contributed by atoms with Crippen LogP contribution in [-0.4, -0.2) is 34.0 Å². The zero-order chi connectivity index (χ0) is 11.0. The van der Waals surface area contributed by atoms with Crippen molar-refractivity contribution < 1.29 is 4.79 Å². The van der Waals surface area contributed by atoms with E-state index in [0.29, 0.717) is 11.3 Å². The fourth-order valence-electron chi connectivity index (χ4n) is 1.38. The Morgan fingerprint density at radius 3 is 2.87 bits per heavy atom. The van der Waals surface area contributed by atoms with Crippen LogP contribution in [0.4, 0.5) is 0 Å². The Labute approximate surface area is 92.2 Å². The second-order valence-electron chi connectivity index (χ2n) is 3.43. The van der Waals surface area contributed by atoms with Gasteiger partial charge in [-0.25, -0.2) is 9.07 Å². The van der Waals surface area contributed by atoms with E-state index in [-0.39, 0.29) is 5.91 Å². The van der Waals surface area contributed by atoms with E-state index in [0.717, 1.165) is 5.39 Å². The molecule has 2 rings (SSSR count). The molecule has 0 spiro atoms. The van der Waals surface area contributed by atoms with Crippen LogP contribution in [0.15, 0.2) is 24.4 Å². The maximum absolute atomic E-state index is 11.7. The summed E-state index contributed by atoms with van der Waals surface area (Å²) < 4.78 is 1.29. The maximum atomic E-state index is 11.7. The van der Waals surface area contributed by atoms with Gasteiger partial charge in [0.1, 0.15) is 5.69 Å². The molecule has 0 radical (unpaired) electrons. The van der Waals surface area contributed by atoms with Crippen molar-refractivity contribution in [3.63, 3.8) is 0 Å². The number of aromatic nitrogens is 2. The number of rotatable bonds is 1. The third kappa shape index (κ3) is 1.57. The van der Waals surface area contributed by atoms with E-state index < -0.39 is 0 Å². The molecule has 0 saturated carbocycles. The molecule has 0 fully saturated rings. The minimum absolute atomic E-state index is 0.136. The molecule has 0 aromatic carbocycles. The van der Waals surface area contributed by atoms with Crippen LogP contribution in [0.1, 0.15) is 10.5 Å². The highest BCUT2D eigenvalue weighted by Gasteiger charge is 2.16. The highest BCUT2D eigenvalue weighted by Crippen LogP contribution is 2.19. The van der Waals surface area contributed by atoms with Crippen molar-refractivity contribution in [3.05, 3.63) is 30.1 Å². The molecule has 0 aliphatic heterocycles. The van der Waals surface area contributed by atoms with Crippen molar-refractivity contribution in [2.45, 2.75) is 0 Å². The number of amides is 1. The zero-order valence-corrected chi connectivity index (χ0v) is 9.19. The van der Waals surface area contributed by atoms with Gasteiger partial charge in [0.15, 0.2) is 5.65 Å². The first-order valence-electron chi connectivity index (χ1n) is 4.45. The fraction of sp³-hybridized carbons (Fsp3) is 0.200. The van der Waals surface area contributed by atoms with Crippen LogP contribution in [0, 0.1) is 0 Å². The van der Waals surface area contributed by atoms with Gasteiger partial charge in [0, 0.05) is 37.5 Å². The van der Waals surface area contributed by atoms with E-state index in [1.165, 1.54) is 8.99 Å². The van der Waals surface area contributed by atoms with E-state index in [1.54, 1.807) is 26.4 Å². The van der Waals surface area contributed by atoms with Gasteiger partial charge in [-0.15, -0.1) is 0 Å². The molecule has 0 bridgehead atoms. The number of pyridine rings is 1. The summed E-state index contributed by atoms with van der Waals surface area (Å²) in [5, 5.41) is 0.859. The van der Waals surface area contributed by atoms with Crippen LogP contribution in [0.25, 0.3) is 11.0 Å². The molecule has 0 aliphatic carbocycles. The van der Waals surface area contributed by atoms with Crippen LogP contribution in [0.3, 0.4) is 0 Å². The van der Waals surface area contributed by atoms with E-state index in [2.05, 4.69) is 4.98 Å². The first-order valence-corrected chi connectivity index (χ1v) is 4.79. The number of carbonyl (C=O) groups is 1. The topological polar surface area (TPSA) is 38.1 Å². The molecule has 1 amide bonds. The SMILES string of the molecule is CN(C)C(=O)c1cc2cccnc2n1Cl. The van der Waals surface area contributed by atoms with Gasteiger partial charge in [0.25, 0.3) is 5.91 Å². The van der Waals surface area contributed by atoms with Crippen molar-refractivity contribution in [1.29, 1.82) is 0 Å². The normalized spacial score (nSPS) is 10.6. The Morgan fingerprint density at radius 2 is 2.27 bits per heavy atom. The van der Waals surface area contributed by atoms with E-state index in [4.69, 9.17) is 11.8 Å². The number of hydrogen-bond donors (Lipinski definition) is 0. The molecule has 78 valence electrons. The van der Waals surface area contributed by atoms with Gasteiger partial charge in [-0.3, -0.25) is 4.79 Å². The number of halogens is 1. The van der Waals surface area contributed by atoms with Crippen molar-refractivity contribution in [2.24, 2.45) is 0 Å². The third-order valence-electron chi connectivity index (χ3n) is 2.13. The van der Waals surface area contributed by atoms with Gasteiger partial charge >= 0.3 is 0 Å². The lowest BCUT2D eigenvalue weighted by Gasteiger charge is -2.09. The number of carbonyl (C=O) groups excluding carboxylic acids is 1. The largest absolute Gasteiger partial charge is 0.343 e.